The van der Waals surface area contributed by atoms with E-state index in [0.29, 0.717) is 10.0 Å². The molecule has 3 nitrogen and oxygen atoms in total. The fourth-order valence-corrected chi connectivity index (χ4v) is 3.26. The fraction of sp³-hybridized carbons (Fsp3) is 0. The maximum Gasteiger partial charge on any atom is 0.138 e. The van der Waals surface area contributed by atoms with E-state index in [1.807, 2.05) is 54.6 Å². The standard InChI is InChI=1S/C20H13Cl2N3/c21-16-10-15(11-17(22)12-16)19-18(13-4-2-1-3-5-13)24-20(25-19)14-6-8-23-9-7-14/h1-12H,(H,24,25). The molecule has 0 saturated heterocycles. The van der Waals surface area contributed by atoms with Crippen molar-refractivity contribution in [2.45, 2.75) is 0 Å². The summed E-state index contributed by atoms with van der Waals surface area (Å²) in [6.45, 7) is 0. The summed E-state index contributed by atoms with van der Waals surface area (Å²) in [5, 5.41) is 1.16. The van der Waals surface area contributed by atoms with E-state index < -0.39 is 0 Å². The Morgan fingerprint density at radius 3 is 2.08 bits per heavy atom. The van der Waals surface area contributed by atoms with Gasteiger partial charge in [-0.2, -0.15) is 0 Å². The van der Waals surface area contributed by atoms with Gasteiger partial charge in [0.15, 0.2) is 0 Å². The minimum Gasteiger partial charge on any atom is -0.337 e. The summed E-state index contributed by atoms with van der Waals surface area (Å²) >= 11 is 12.4. The topological polar surface area (TPSA) is 41.6 Å². The number of H-pyrrole nitrogens is 1. The molecule has 2 aromatic heterocycles. The molecule has 0 bridgehead atoms. The lowest BCUT2D eigenvalue weighted by molar-refractivity contribution is 1.27. The maximum absolute atomic E-state index is 6.19. The third-order valence-corrected chi connectivity index (χ3v) is 4.29. The number of nitrogens with zero attached hydrogens (tertiary/aromatic N) is 2. The number of imidazole rings is 1. The van der Waals surface area contributed by atoms with Crippen molar-refractivity contribution in [2.75, 3.05) is 0 Å². The molecule has 5 heteroatoms. The first-order chi connectivity index (χ1) is 12.2. The van der Waals surface area contributed by atoms with Crippen LogP contribution >= 0.6 is 23.2 Å². The van der Waals surface area contributed by atoms with Gasteiger partial charge < -0.3 is 4.98 Å². The zero-order valence-electron chi connectivity index (χ0n) is 13.1. The van der Waals surface area contributed by atoms with Crippen molar-refractivity contribution < 1.29 is 0 Å². The van der Waals surface area contributed by atoms with Crippen LogP contribution in [0, 0.1) is 0 Å². The van der Waals surface area contributed by atoms with Gasteiger partial charge in [0.05, 0.1) is 11.4 Å². The zero-order chi connectivity index (χ0) is 17.2. The van der Waals surface area contributed by atoms with Crippen LogP contribution in [0.4, 0.5) is 0 Å². The monoisotopic (exact) mass is 365 g/mol. The van der Waals surface area contributed by atoms with Gasteiger partial charge in [0.25, 0.3) is 0 Å². The van der Waals surface area contributed by atoms with Gasteiger partial charge in [0, 0.05) is 39.1 Å². The van der Waals surface area contributed by atoms with Gasteiger partial charge in [-0.1, -0.05) is 53.5 Å². The number of benzene rings is 2. The number of nitrogens with one attached hydrogen (secondary N) is 1. The van der Waals surface area contributed by atoms with Crippen LogP contribution in [0.2, 0.25) is 10.0 Å². The van der Waals surface area contributed by atoms with Gasteiger partial charge in [0.2, 0.25) is 0 Å². The summed E-state index contributed by atoms with van der Waals surface area (Å²) in [5.74, 6) is 0.771. The Bertz CT molecular complexity index is 992. The molecule has 2 heterocycles. The second-order valence-electron chi connectivity index (χ2n) is 5.57. The van der Waals surface area contributed by atoms with E-state index in [9.17, 15) is 0 Å². The third kappa shape index (κ3) is 3.29. The van der Waals surface area contributed by atoms with Crippen LogP contribution in [0.5, 0.6) is 0 Å². The molecule has 4 aromatic rings. The number of rotatable bonds is 3. The molecule has 0 aliphatic heterocycles. The van der Waals surface area contributed by atoms with E-state index in [0.717, 1.165) is 33.9 Å². The van der Waals surface area contributed by atoms with Crippen LogP contribution < -0.4 is 0 Å². The molecule has 0 aliphatic rings. The lowest BCUT2D eigenvalue weighted by Gasteiger charge is -2.04. The van der Waals surface area contributed by atoms with Gasteiger partial charge in [-0.05, 0) is 30.3 Å². The van der Waals surface area contributed by atoms with Crippen LogP contribution in [0.25, 0.3) is 33.9 Å². The molecule has 4 rings (SSSR count). The molecular weight excluding hydrogens is 353 g/mol. The minimum absolute atomic E-state index is 0.579. The Labute approximate surface area is 155 Å². The smallest absolute Gasteiger partial charge is 0.138 e. The van der Waals surface area contributed by atoms with Crippen LogP contribution in [-0.2, 0) is 0 Å². The highest BCUT2D eigenvalue weighted by Gasteiger charge is 2.16. The molecule has 0 atom stereocenters. The molecule has 122 valence electrons. The lowest BCUT2D eigenvalue weighted by atomic mass is 10.1. The maximum atomic E-state index is 6.19. The average Bonchev–Trinajstić information content (AvgIpc) is 3.08. The summed E-state index contributed by atoms with van der Waals surface area (Å²) in [5.41, 5.74) is 4.61. The number of aromatic amines is 1. The second-order valence-corrected chi connectivity index (χ2v) is 6.44. The molecule has 0 aliphatic carbocycles. The van der Waals surface area contributed by atoms with Crippen molar-refractivity contribution in [2.24, 2.45) is 0 Å². The molecule has 0 spiro atoms. The summed E-state index contributed by atoms with van der Waals surface area (Å²) in [4.78, 5) is 12.3. The number of hydrogen-bond donors (Lipinski definition) is 1. The Balaban J connectivity index is 1.94. The summed E-state index contributed by atoms with van der Waals surface area (Å²) < 4.78 is 0. The highest BCUT2D eigenvalue weighted by atomic mass is 35.5. The first kappa shape index (κ1) is 15.9. The van der Waals surface area contributed by atoms with Crippen LogP contribution in [0.1, 0.15) is 0 Å². The fourth-order valence-electron chi connectivity index (χ4n) is 2.73. The SMILES string of the molecule is Clc1cc(Cl)cc(-c2nc(-c3ccncc3)[nH]c2-c2ccccc2)c1. The molecule has 1 N–H and O–H groups in total. The van der Waals surface area contributed by atoms with E-state index in [-0.39, 0.29) is 0 Å². The highest BCUT2D eigenvalue weighted by molar-refractivity contribution is 6.35. The molecule has 2 aromatic carbocycles. The molecule has 0 fully saturated rings. The van der Waals surface area contributed by atoms with Crippen LogP contribution in [-0.4, -0.2) is 15.0 Å². The Morgan fingerprint density at radius 2 is 1.40 bits per heavy atom. The summed E-state index contributed by atoms with van der Waals surface area (Å²) in [6, 6.07) is 19.3. The Morgan fingerprint density at radius 1 is 0.720 bits per heavy atom. The van der Waals surface area contributed by atoms with E-state index in [4.69, 9.17) is 28.2 Å². The van der Waals surface area contributed by atoms with Crippen molar-refractivity contribution in [3.8, 4) is 33.9 Å². The van der Waals surface area contributed by atoms with Crippen molar-refractivity contribution in [1.82, 2.24) is 15.0 Å². The highest BCUT2D eigenvalue weighted by Crippen LogP contribution is 2.35. The largest absolute Gasteiger partial charge is 0.337 e. The Hall–Kier alpha value is -2.62. The third-order valence-electron chi connectivity index (χ3n) is 3.86. The van der Waals surface area contributed by atoms with Crippen LogP contribution in [0.15, 0.2) is 73.1 Å². The first-order valence-corrected chi connectivity index (χ1v) is 8.48. The van der Waals surface area contributed by atoms with Crippen molar-refractivity contribution in [3.63, 3.8) is 0 Å². The van der Waals surface area contributed by atoms with Gasteiger partial charge in [-0.3, -0.25) is 4.98 Å². The molecule has 0 radical (unpaired) electrons. The zero-order valence-corrected chi connectivity index (χ0v) is 14.6. The molecule has 0 amide bonds. The van der Waals surface area contributed by atoms with Gasteiger partial charge in [-0.15, -0.1) is 0 Å². The molecule has 0 saturated carbocycles. The first-order valence-electron chi connectivity index (χ1n) is 7.73. The molecule has 0 unspecified atom stereocenters. The number of hydrogen-bond acceptors (Lipinski definition) is 2. The van der Waals surface area contributed by atoms with E-state index >= 15 is 0 Å². The quantitative estimate of drug-likeness (QED) is 0.475. The number of pyridine rings is 1. The van der Waals surface area contributed by atoms with Crippen molar-refractivity contribution >= 4 is 23.2 Å². The van der Waals surface area contributed by atoms with E-state index in [2.05, 4.69) is 9.97 Å². The minimum atomic E-state index is 0.579. The van der Waals surface area contributed by atoms with Gasteiger partial charge >= 0.3 is 0 Å². The van der Waals surface area contributed by atoms with Crippen molar-refractivity contribution in [3.05, 3.63) is 83.1 Å². The number of halogens is 2. The van der Waals surface area contributed by atoms with Gasteiger partial charge in [-0.25, -0.2) is 4.98 Å². The predicted octanol–water partition coefficient (Wildman–Crippen LogP) is 6.11. The van der Waals surface area contributed by atoms with Gasteiger partial charge in [0.1, 0.15) is 5.82 Å². The number of aromatic nitrogens is 3. The van der Waals surface area contributed by atoms with E-state index in [1.54, 1.807) is 18.5 Å². The molecule has 25 heavy (non-hydrogen) atoms. The summed E-state index contributed by atoms with van der Waals surface area (Å²) in [6.07, 6.45) is 3.49. The second kappa shape index (κ2) is 6.71. The summed E-state index contributed by atoms with van der Waals surface area (Å²) in [7, 11) is 0. The van der Waals surface area contributed by atoms with E-state index in [1.165, 1.54) is 0 Å². The van der Waals surface area contributed by atoms with Crippen LogP contribution in [0.3, 0.4) is 0 Å². The lowest BCUT2D eigenvalue weighted by Crippen LogP contribution is -1.84. The predicted molar refractivity (Wildman–Crippen MR) is 103 cm³/mol. The van der Waals surface area contributed by atoms with Crippen molar-refractivity contribution in [1.29, 1.82) is 0 Å². The average molecular weight is 366 g/mol. The Kier molecular flexibility index (Phi) is 4.26. The normalized spacial score (nSPS) is 10.8. The molecular formula is C20H13Cl2N3.